The molecule has 1 amide bonds. The van der Waals surface area contributed by atoms with E-state index in [0.717, 1.165) is 12.1 Å². The van der Waals surface area contributed by atoms with E-state index in [1.807, 2.05) is 0 Å². The molecule has 0 atom stereocenters. The number of nitrogens with one attached hydrogen (secondary N) is 2. The molecule has 0 unspecified atom stereocenters. The molecule has 0 aliphatic rings. The van der Waals surface area contributed by atoms with Crippen molar-refractivity contribution >= 4 is 34.7 Å². The number of halogens is 4. The molecule has 0 saturated carbocycles. The Morgan fingerprint density at radius 3 is 2.44 bits per heavy atom. The van der Waals surface area contributed by atoms with Gasteiger partial charge in [0.2, 0.25) is 0 Å². The molecule has 0 aliphatic heterocycles. The lowest BCUT2D eigenvalue weighted by Gasteiger charge is -2.10. The van der Waals surface area contributed by atoms with E-state index in [1.165, 1.54) is 24.5 Å². The van der Waals surface area contributed by atoms with Gasteiger partial charge < -0.3 is 10.6 Å². The molecule has 138 valence electrons. The van der Waals surface area contributed by atoms with Crippen LogP contribution in [-0.4, -0.2) is 15.9 Å². The van der Waals surface area contributed by atoms with Gasteiger partial charge in [-0.2, -0.15) is 13.2 Å². The van der Waals surface area contributed by atoms with E-state index >= 15 is 0 Å². The number of carbonyl (C=O) groups excluding carboxylic acids is 1. The molecular weight excluding hydrogens is 381 g/mol. The number of alkyl halides is 3. The lowest BCUT2D eigenvalue weighted by Crippen LogP contribution is -2.15. The Kier molecular flexibility index (Phi) is 5.27. The van der Waals surface area contributed by atoms with Gasteiger partial charge in [-0.3, -0.25) is 4.79 Å². The van der Waals surface area contributed by atoms with E-state index in [9.17, 15) is 18.0 Å². The first-order valence-electron chi connectivity index (χ1n) is 7.64. The molecule has 0 aliphatic carbocycles. The third-order valence-electron chi connectivity index (χ3n) is 3.44. The van der Waals surface area contributed by atoms with Gasteiger partial charge in [-0.05, 0) is 36.4 Å². The Bertz CT molecular complexity index is 979. The zero-order chi connectivity index (χ0) is 19.4. The highest BCUT2D eigenvalue weighted by molar-refractivity contribution is 6.30. The van der Waals surface area contributed by atoms with Gasteiger partial charge in [-0.1, -0.05) is 23.7 Å². The molecule has 27 heavy (non-hydrogen) atoms. The first-order valence-corrected chi connectivity index (χ1v) is 8.02. The number of rotatable bonds is 4. The number of carbonyl (C=O) groups is 1. The minimum atomic E-state index is -4.50. The summed E-state index contributed by atoms with van der Waals surface area (Å²) < 4.78 is 38.3. The van der Waals surface area contributed by atoms with Crippen LogP contribution in [0, 0.1) is 0 Å². The van der Waals surface area contributed by atoms with E-state index < -0.39 is 17.6 Å². The normalized spacial score (nSPS) is 11.1. The summed E-state index contributed by atoms with van der Waals surface area (Å²) in [4.78, 5) is 20.2. The Morgan fingerprint density at radius 1 is 0.963 bits per heavy atom. The monoisotopic (exact) mass is 392 g/mol. The molecule has 5 nitrogen and oxygen atoms in total. The summed E-state index contributed by atoms with van der Waals surface area (Å²) in [6.45, 7) is 0. The molecule has 0 bridgehead atoms. The fraction of sp³-hybridized carbons (Fsp3) is 0.0556. The summed E-state index contributed by atoms with van der Waals surface area (Å²) in [5, 5.41) is 5.89. The van der Waals surface area contributed by atoms with Crippen molar-refractivity contribution in [1.82, 2.24) is 9.97 Å². The second kappa shape index (κ2) is 7.63. The third kappa shape index (κ3) is 4.95. The van der Waals surface area contributed by atoms with Crippen LogP contribution in [0.5, 0.6) is 0 Å². The number of nitrogens with zero attached hydrogens (tertiary/aromatic N) is 2. The maximum Gasteiger partial charge on any atom is 0.416 e. The van der Waals surface area contributed by atoms with Crippen LogP contribution in [-0.2, 0) is 6.18 Å². The minimum Gasteiger partial charge on any atom is -0.340 e. The fourth-order valence-electron chi connectivity index (χ4n) is 2.23. The van der Waals surface area contributed by atoms with Crippen molar-refractivity contribution in [2.45, 2.75) is 6.18 Å². The zero-order valence-electron chi connectivity index (χ0n) is 13.6. The van der Waals surface area contributed by atoms with Crippen molar-refractivity contribution in [3.63, 3.8) is 0 Å². The number of hydrogen-bond acceptors (Lipinski definition) is 4. The van der Waals surface area contributed by atoms with E-state index in [1.54, 1.807) is 24.3 Å². The Hall–Kier alpha value is -3.13. The van der Waals surface area contributed by atoms with Crippen molar-refractivity contribution in [2.75, 3.05) is 10.6 Å². The maximum absolute atomic E-state index is 12.8. The Morgan fingerprint density at radius 2 is 1.70 bits per heavy atom. The average molecular weight is 393 g/mol. The predicted molar refractivity (Wildman–Crippen MR) is 96.2 cm³/mol. The molecule has 2 N–H and O–H groups in total. The molecule has 0 radical (unpaired) electrons. The van der Waals surface area contributed by atoms with Crippen LogP contribution < -0.4 is 10.6 Å². The van der Waals surface area contributed by atoms with Crippen molar-refractivity contribution in [3.05, 3.63) is 77.2 Å². The molecule has 9 heteroatoms. The fourth-order valence-corrected chi connectivity index (χ4v) is 2.42. The first-order chi connectivity index (χ1) is 12.8. The number of anilines is 3. The zero-order valence-corrected chi connectivity index (χ0v) is 14.3. The van der Waals surface area contributed by atoms with Crippen LogP contribution in [0.3, 0.4) is 0 Å². The molecule has 2 aromatic carbocycles. The second-order valence-corrected chi connectivity index (χ2v) is 5.89. The quantitative estimate of drug-likeness (QED) is 0.644. The van der Waals surface area contributed by atoms with Gasteiger partial charge in [-0.15, -0.1) is 0 Å². The molecule has 3 aromatic rings. The van der Waals surface area contributed by atoms with Gasteiger partial charge in [-0.25, -0.2) is 9.97 Å². The molecule has 1 heterocycles. The summed E-state index contributed by atoms with van der Waals surface area (Å²) in [6.07, 6.45) is -3.32. The van der Waals surface area contributed by atoms with Crippen molar-refractivity contribution in [3.8, 4) is 0 Å². The Labute approximate surface area is 157 Å². The van der Waals surface area contributed by atoms with Crippen LogP contribution in [0.2, 0.25) is 5.02 Å². The van der Waals surface area contributed by atoms with E-state index in [0.29, 0.717) is 16.5 Å². The lowest BCUT2D eigenvalue weighted by molar-refractivity contribution is -0.137. The number of amides is 1. The average Bonchev–Trinajstić information content (AvgIpc) is 2.61. The Balaban J connectivity index is 1.76. The summed E-state index contributed by atoms with van der Waals surface area (Å²) in [5.74, 6) is -0.327. The van der Waals surface area contributed by atoms with Crippen molar-refractivity contribution in [1.29, 1.82) is 0 Å². The van der Waals surface area contributed by atoms with Gasteiger partial charge in [0.25, 0.3) is 5.91 Å². The number of benzene rings is 2. The van der Waals surface area contributed by atoms with Crippen molar-refractivity contribution < 1.29 is 18.0 Å². The van der Waals surface area contributed by atoms with Crippen LogP contribution in [0.1, 0.15) is 16.1 Å². The lowest BCUT2D eigenvalue weighted by atomic mass is 10.2. The van der Waals surface area contributed by atoms with Gasteiger partial charge in [0.1, 0.15) is 17.8 Å². The van der Waals surface area contributed by atoms with Gasteiger partial charge in [0, 0.05) is 22.5 Å². The summed E-state index contributed by atoms with van der Waals surface area (Å²) in [5.41, 5.74) is -0.193. The standard InChI is InChI=1S/C18H12ClF3N4O/c19-12-4-2-6-14(8-12)25-16-9-15(23-10-24-16)17(27)26-13-5-1-3-11(7-13)18(20,21)22/h1-10H,(H,26,27)(H,23,24,25). The predicted octanol–water partition coefficient (Wildman–Crippen LogP) is 5.14. The molecule has 0 fully saturated rings. The number of hydrogen-bond donors (Lipinski definition) is 2. The maximum atomic E-state index is 12.8. The van der Waals surface area contributed by atoms with Gasteiger partial charge in [0.05, 0.1) is 5.56 Å². The van der Waals surface area contributed by atoms with Crippen molar-refractivity contribution in [2.24, 2.45) is 0 Å². The molecule has 0 saturated heterocycles. The third-order valence-corrected chi connectivity index (χ3v) is 3.68. The van der Waals surface area contributed by atoms with Gasteiger partial charge >= 0.3 is 6.18 Å². The van der Waals surface area contributed by atoms with Crippen LogP contribution in [0.4, 0.5) is 30.4 Å². The molecule has 1 aromatic heterocycles. The highest BCUT2D eigenvalue weighted by Gasteiger charge is 2.30. The summed E-state index contributed by atoms with van der Waals surface area (Å²) in [6, 6.07) is 12.6. The van der Waals surface area contributed by atoms with Crippen LogP contribution in [0.15, 0.2) is 60.9 Å². The molecule has 0 spiro atoms. The van der Waals surface area contributed by atoms with E-state index in [4.69, 9.17) is 11.6 Å². The largest absolute Gasteiger partial charge is 0.416 e. The van der Waals surface area contributed by atoms with Crippen LogP contribution >= 0.6 is 11.6 Å². The number of aromatic nitrogens is 2. The summed E-state index contributed by atoms with van der Waals surface area (Å²) in [7, 11) is 0. The van der Waals surface area contributed by atoms with E-state index in [2.05, 4.69) is 20.6 Å². The summed E-state index contributed by atoms with van der Waals surface area (Å²) >= 11 is 5.91. The molecule has 3 rings (SSSR count). The van der Waals surface area contributed by atoms with Gasteiger partial charge in [0.15, 0.2) is 0 Å². The minimum absolute atomic E-state index is 0.00746. The van der Waals surface area contributed by atoms with E-state index in [-0.39, 0.29) is 11.4 Å². The highest BCUT2D eigenvalue weighted by atomic mass is 35.5. The molecular formula is C18H12ClF3N4O. The topological polar surface area (TPSA) is 66.9 Å². The first kappa shape index (κ1) is 18.7. The second-order valence-electron chi connectivity index (χ2n) is 5.46. The smallest absolute Gasteiger partial charge is 0.340 e. The SMILES string of the molecule is O=C(Nc1cccc(C(F)(F)F)c1)c1cc(Nc2cccc(Cl)c2)ncn1. The highest BCUT2D eigenvalue weighted by Crippen LogP contribution is 2.30. The van der Waals surface area contributed by atoms with Crippen LogP contribution in [0.25, 0.3) is 0 Å².